The van der Waals surface area contributed by atoms with Gasteiger partial charge in [0.25, 0.3) is 0 Å². The number of hydrogen-bond acceptors (Lipinski definition) is 5. The van der Waals surface area contributed by atoms with Gasteiger partial charge in [0.1, 0.15) is 5.75 Å². The highest BCUT2D eigenvalue weighted by molar-refractivity contribution is 7.90. The van der Waals surface area contributed by atoms with Crippen LogP contribution in [0.5, 0.6) is 5.75 Å². The topological polar surface area (TPSA) is 60.7 Å². The second-order valence-corrected chi connectivity index (χ2v) is 8.76. The van der Waals surface area contributed by atoms with Crippen LogP contribution < -0.4 is 4.74 Å². The fourth-order valence-corrected chi connectivity index (χ4v) is 4.51. The summed E-state index contributed by atoms with van der Waals surface area (Å²) in [7, 11) is -3.21. The van der Waals surface area contributed by atoms with Crippen LogP contribution in [0.15, 0.2) is 53.6 Å². The van der Waals surface area contributed by atoms with Crippen LogP contribution in [0.1, 0.15) is 6.92 Å². The van der Waals surface area contributed by atoms with E-state index in [2.05, 4.69) is 4.98 Å². The van der Waals surface area contributed by atoms with Crippen molar-refractivity contribution in [1.29, 1.82) is 0 Å². The van der Waals surface area contributed by atoms with Crippen molar-refractivity contribution in [3.8, 4) is 17.0 Å². The molecule has 0 atom stereocenters. The maximum absolute atomic E-state index is 11.7. The molecule has 0 unspecified atom stereocenters. The zero-order valence-electron chi connectivity index (χ0n) is 13.8. The minimum absolute atomic E-state index is 0.330. The van der Waals surface area contributed by atoms with Crippen molar-refractivity contribution < 1.29 is 13.2 Å². The van der Waals surface area contributed by atoms with Gasteiger partial charge in [0.05, 0.1) is 27.4 Å². The summed E-state index contributed by atoms with van der Waals surface area (Å²) in [6.45, 7) is 2.60. The number of aromatic nitrogens is 2. The number of ether oxygens (including phenoxy) is 1. The molecule has 0 aliphatic rings. The molecule has 0 bridgehead atoms. The summed E-state index contributed by atoms with van der Waals surface area (Å²) in [4.78, 5) is 5.85. The Morgan fingerprint density at radius 2 is 1.92 bits per heavy atom. The van der Waals surface area contributed by atoms with Crippen LogP contribution in [-0.4, -0.2) is 30.7 Å². The predicted molar refractivity (Wildman–Crippen MR) is 100 cm³/mol. The number of rotatable bonds is 4. The van der Waals surface area contributed by atoms with Gasteiger partial charge in [-0.3, -0.25) is 4.40 Å². The molecule has 25 heavy (non-hydrogen) atoms. The third kappa shape index (κ3) is 2.89. The number of thiazole rings is 1. The maximum atomic E-state index is 11.7. The fourth-order valence-electron chi connectivity index (χ4n) is 2.74. The molecule has 128 valence electrons. The van der Waals surface area contributed by atoms with E-state index in [9.17, 15) is 8.42 Å². The summed E-state index contributed by atoms with van der Waals surface area (Å²) < 4.78 is 31.8. The molecule has 7 heteroatoms. The van der Waals surface area contributed by atoms with Crippen molar-refractivity contribution in [1.82, 2.24) is 9.38 Å². The summed E-state index contributed by atoms with van der Waals surface area (Å²) in [6, 6.07) is 13.0. The highest BCUT2D eigenvalue weighted by Crippen LogP contribution is 2.31. The highest BCUT2D eigenvalue weighted by atomic mass is 32.2. The van der Waals surface area contributed by atoms with Gasteiger partial charge in [0.2, 0.25) is 0 Å². The van der Waals surface area contributed by atoms with Gasteiger partial charge in [-0.05, 0) is 49.4 Å². The largest absolute Gasteiger partial charge is 0.494 e. The normalized spacial score (nSPS) is 12.1. The Kier molecular flexibility index (Phi) is 3.77. The van der Waals surface area contributed by atoms with E-state index in [-0.39, 0.29) is 0 Å². The van der Waals surface area contributed by atoms with Crippen molar-refractivity contribution in [2.45, 2.75) is 11.8 Å². The van der Waals surface area contributed by atoms with Crippen molar-refractivity contribution in [3.05, 3.63) is 48.7 Å². The van der Waals surface area contributed by atoms with Gasteiger partial charge >= 0.3 is 0 Å². The minimum Gasteiger partial charge on any atom is -0.494 e. The van der Waals surface area contributed by atoms with Gasteiger partial charge in [0, 0.05) is 18.0 Å². The first kappa shape index (κ1) is 16.1. The van der Waals surface area contributed by atoms with Crippen LogP contribution in [0.25, 0.3) is 26.4 Å². The molecule has 0 saturated carbocycles. The monoisotopic (exact) mass is 372 g/mol. The average molecular weight is 372 g/mol. The number of hydrogen-bond donors (Lipinski definition) is 0. The standard InChI is InChI=1S/C18H16N2O3S2/c1-3-23-13-6-4-12(5-7-13)15-11-20-16-9-8-14(25(2,21)22)10-17(16)24-18(20)19-15/h4-11H,3H2,1-2H3. The molecule has 0 N–H and O–H groups in total. The molecule has 0 radical (unpaired) electrons. The fraction of sp³-hybridized carbons (Fsp3) is 0.167. The smallest absolute Gasteiger partial charge is 0.195 e. The Morgan fingerprint density at radius 3 is 2.60 bits per heavy atom. The number of imidazole rings is 1. The molecule has 5 nitrogen and oxygen atoms in total. The molecule has 0 spiro atoms. The van der Waals surface area contributed by atoms with E-state index in [1.54, 1.807) is 12.1 Å². The molecule has 0 saturated heterocycles. The molecule has 4 aromatic rings. The lowest BCUT2D eigenvalue weighted by atomic mass is 10.2. The van der Waals surface area contributed by atoms with Gasteiger partial charge in [-0.25, -0.2) is 13.4 Å². The quantitative estimate of drug-likeness (QED) is 0.543. The van der Waals surface area contributed by atoms with E-state index in [0.717, 1.165) is 32.2 Å². The van der Waals surface area contributed by atoms with Crippen LogP contribution >= 0.6 is 11.3 Å². The number of fused-ring (bicyclic) bond motifs is 3. The molecular formula is C18H16N2O3S2. The van der Waals surface area contributed by atoms with Crippen LogP contribution in [0.3, 0.4) is 0 Å². The summed E-state index contributed by atoms with van der Waals surface area (Å²) in [5, 5.41) is 0. The van der Waals surface area contributed by atoms with Gasteiger partial charge in [-0.15, -0.1) is 0 Å². The number of sulfone groups is 1. The Bertz CT molecular complexity index is 1170. The molecule has 4 rings (SSSR count). The molecular weight excluding hydrogens is 356 g/mol. The van der Waals surface area contributed by atoms with Crippen LogP contribution in [-0.2, 0) is 9.84 Å². The highest BCUT2D eigenvalue weighted by Gasteiger charge is 2.13. The lowest BCUT2D eigenvalue weighted by Gasteiger charge is -2.03. The zero-order valence-corrected chi connectivity index (χ0v) is 15.4. The minimum atomic E-state index is -3.21. The summed E-state index contributed by atoms with van der Waals surface area (Å²) in [5.41, 5.74) is 2.85. The van der Waals surface area contributed by atoms with Crippen LogP contribution in [0.4, 0.5) is 0 Å². The van der Waals surface area contributed by atoms with Gasteiger partial charge in [-0.2, -0.15) is 0 Å². The first-order valence-electron chi connectivity index (χ1n) is 7.80. The second-order valence-electron chi connectivity index (χ2n) is 5.74. The SMILES string of the molecule is CCOc1ccc(-c2cn3c(n2)sc2cc(S(C)(=O)=O)ccc23)cc1. The molecule has 2 aromatic heterocycles. The van der Waals surface area contributed by atoms with E-state index in [0.29, 0.717) is 11.5 Å². The molecule has 2 aromatic carbocycles. The first-order valence-corrected chi connectivity index (χ1v) is 10.5. The second kappa shape index (κ2) is 5.86. The molecule has 0 amide bonds. The van der Waals surface area contributed by atoms with Crippen molar-refractivity contribution in [3.63, 3.8) is 0 Å². The van der Waals surface area contributed by atoms with Crippen molar-refractivity contribution >= 4 is 36.4 Å². The maximum Gasteiger partial charge on any atom is 0.195 e. The van der Waals surface area contributed by atoms with Gasteiger partial charge in [0.15, 0.2) is 14.8 Å². The third-order valence-electron chi connectivity index (χ3n) is 3.95. The Hall–Kier alpha value is -2.38. The van der Waals surface area contributed by atoms with Gasteiger partial charge in [-0.1, -0.05) is 11.3 Å². The Morgan fingerprint density at radius 1 is 1.16 bits per heavy atom. The average Bonchev–Trinajstić information content (AvgIpc) is 3.12. The van der Waals surface area contributed by atoms with E-state index in [1.807, 2.05) is 47.9 Å². The number of benzene rings is 2. The predicted octanol–water partition coefficient (Wildman–Crippen LogP) is 4.02. The molecule has 0 aliphatic carbocycles. The lowest BCUT2D eigenvalue weighted by Crippen LogP contribution is -1.96. The van der Waals surface area contributed by atoms with E-state index in [1.165, 1.54) is 17.6 Å². The van der Waals surface area contributed by atoms with E-state index >= 15 is 0 Å². The summed E-state index contributed by atoms with van der Waals surface area (Å²) in [6.07, 6.45) is 3.20. The zero-order chi connectivity index (χ0) is 17.6. The van der Waals surface area contributed by atoms with Crippen molar-refractivity contribution in [2.24, 2.45) is 0 Å². The Balaban J connectivity index is 1.78. The van der Waals surface area contributed by atoms with Crippen LogP contribution in [0.2, 0.25) is 0 Å². The molecule has 0 fully saturated rings. The lowest BCUT2D eigenvalue weighted by molar-refractivity contribution is 0.340. The molecule has 2 heterocycles. The van der Waals surface area contributed by atoms with Crippen LogP contribution in [0, 0.1) is 0 Å². The number of nitrogens with zero attached hydrogens (tertiary/aromatic N) is 2. The third-order valence-corrected chi connectivity index (χ3v) is 6.08. The van der Waals surface area contributed by atoms with Gasteiger partial charge < -0.3 is 4.74 Å². The summed E-state index contributed by atoms with van der Waals surface area (Å²) >= 11 is 1.48. The van der Waals surface area contributed by atoms with E-state index < -0.39 is 9.84 Å². The Labute approximate surface area is 149 Å². The first-order chi connectivity index (χ1) is 12.0. The van der Waals surface area contributed by atoms with Crippen molar-refractivity contribution in [2.75, 3.05) is 12.9 Å². The molecule has 0 aliphatic heterocycles. The summed E-state index contributed by atoms with van der Waals surface area (Å²) in [5.74, 6) is 0.839. The van der Waals surface area contributed by atoms with E-state index in [4.69, 9.17) is 4.74 Å².